The number of carbonyl (C=O) groups excluding carboxylic acids is 3. The number of para-hydroxylation sites is 1. The Morgan fingerprint density at radius 1 is 1.14 bits per heavy atom. The number of hydrogen-bond donors (Lipinski definition) is 2. The number of amides is 2. The smallest absolute Gasteiger partial charge is 0.329 e. The molecule has 1 aliphatic rings. The van der Waals surface area contributed by atoms with Crippen molar-refractivity contribution < 1.29 is 23.9 Å². The number of benzene rings is 1. The lowest BCUT2D eigenvalue weighted by molar-refractivity contribution is -0.151. The molecule has 7 heteroatoms. The second-order valence-electron chi connectivity index (χ2n) is 7.94. The maximum atomic E-state index is 12.6. The quantitative estimate of drug-likeness (QED) is 0.650. The molecule has 2 amide bonds. The van der Waals surface area contributed by atoms with Crippen LogP contribution in [0.1, 0.15) is 56.8 Å². The molecule has 1 saturated carbocycles. The predicted octanol–water partition coefficient (Wildman–Crippen LogP) is 2.69. The molecule has 0 bridgehead atoms. The zero-order valence-corrected chi connectivity index (χ0v) is 17.7. The molecule has 1 aromatic rings. The summed E-state index contributed by atoms with van der Waals surface area (Å²) < 4.78 is 10.4. The van der Waals surface area contributed by atoms with Gasteiger partial charge < -0.3 is 20.1 Å². The van der Waals surface area contributed by atoms with Crippen LogP contribution in [0.5, 0.6) is 5.75 Å². The molecule has 2 rings (SSSR count). The summed E-state index contributed by atoms with van der Waals surface area (Å²) in [4.78, 5) is 37.3. The molecule has 0 spiro atoms. The first-order chi connectivity index (χ1) is 13.8. The molecule has 0 aromatic heterocycles. The number of esters is 1. The molecule has 0 saturated heterocycles. The average Bonchev–Trinajstić information content (AvgIpc) is 2.71. The SMILES string of the molecule is COc1ccccc1C(=O)N[C@H](C(=O)OCC(=O)N[C@@H]1CCCC[C@H]1C)C(C)C. The van der Waals surface area contributed by atoms with E-state index in [9.17, 15) is 14.4 Å². The summed E-state index contributed by atoms with van der Waals surface area (Å²) in [5.74, 6) is -0.735. The van der Waals surface area contributed by atoms with E-state index < -0.39 is 17.9 Å². The van der Waals surface area contributed by atoms with Crippen LogP contribution in [0.2, 0.25) is 0 Å². The Bertz CT molecular complexity index is 719. The molecule has 0 radical (unpaired) electrons. The van der Waals surface area contributed by atoms with E-state index in [4.69, 9.17) is 9.47 Å². The van der Waals surface area contributed by atoms with E-state index in [1.54, 1.807) is 38.1 Å². The molecule has 0 unspecified atom stereocenters. The van der Waals surface area contributed by atoms with E-state index in [1.807, 2.05) is 0 Å². The van der Waals surface area contributed by atoms with Crippen molar-refractivity contribution in [2.24, 2.45) is 11.8 Å². The summed E-state index contributed by atoms with van der Waals surface area (Å²) in [5.41, 5.74) is 0.331. The Hall–Kier alpha value is -2.57. The lowest BCUT2D eigenvalue weighted by atomic mass is 9.86. The number of methoxy groups -OCH3 is 1. The van der Waals surface area contributed by atoms with Gasteiger partial charge in [-0.15, -0.1) is 0 Å². The number of rotatable bonds is 8. The van der Waals surface area contributed by atoms with Crippen LogP contribution in [0, 0.1) is 11.8 Å². The monoisotopic (exact) mass is 404 g/mol. The van der Waals surface area contributed by atoms with Gasteiger partial charge in [0.15, 0.2) is 6.61 Å². The molecule has 1 aromatic carbocycles. The highest BCUT2D eigenvalue weighted by Crippen LogP contribution is 2.23. The van der Waals surface area contributed by atoms with Gasteiger partial charge in [-0.05, 0) is 36.8 Å². The third-order valence-corrected chi connectivity index (χ3v) is 5.36. The largest absolute Gasteiger partial charge is 0.496 e. The van der Waals surface area contributed by atoms with Gasteiger partial charge in [-0.1, -0.05) is 45.7 Å². The summed E-state index contributed by atoms with van der Waals surface area (Å²) in [7, 11) is 1.48. The number of nitrogens with one attached hydrogen (secondary N) is 2. The zero-order chi connectivity index (χ0) is 21.4. The summed E-state index contributed by atoms with van der Waals surface area (Å²) >= 11 is 0. The Labute approximate surface area is 172 Å². The van der Waals surface area contributed by atoms with Gasteiger partial charge in [0.25, 0.3) is 11.8 Å². The van der Waals surface area contributed by atoms with Crippen LogP contribution in [0.4, 0.5) is 0 Å². The lowest BCUT2D eigenvalue weighted by Gasteiger charge is -2.29. The number of ether oxygens (including phenoxy) is 2. The Kier molecular flexibility index (Phi) is 8.49. The van der Waals surface area contributed by atoms with Crippen molar-refractivity contribution in [3.05, 3.63) is 29.8 Å². The molecule has 2 N–H and O–H groups in total. The van der Waals surface area contributed by atoms with Crippen LogP contribution in [-0.2, 0) is 14.3 Å². The molecular weight excluding hydrogens is 372 g/mol. The van der Waals surface area contributed by atoms with Gasteiger partial charge in [0.1, 0.15) is 11.8 Å². The van der Waals surface area contributed by atoms with E-state index in [0.29, 0.717) is 17.2 Å². The highest BCUT2D eigenvalue weighted by atomic mass is 16.5. The van der Waals surface area contributed by atoms with Crippen molar-refractivity contribution in [3.63, 3.8) is 0 Å². The van der Waals surface area contributed by atoms with Gasteiger partial charge in [0, 0.05) is 6.04 Å². The topological polar surface area (TPSA) is 93.7 Å². The fourth-order valence-corrected chi connectivity index (χ4v) is 3.55. The summed E-state index contributed by atoms with van der Waals surface area (Å²) in [6.45, 7) is 5.38. The maximum Gasteiger partial charge on any atom is 0.329 e. The third-order valence-electron chi connectivity index (χ3n) is 5.36. The van der Waals surface area contributed by atoms with E-state index >= 15 is 0 Å². The molecule has 7 nitrogen and oxygen atoms in total. The van der Waals surface area contributed by atoms with Crippen LogP contribution in [0.15, 0.2) is 24.3 Å². The first-order valence-electron chi connectivity index (χ1n) is 10.2. The van der Waals surface area contributed by atoms with E-state index in [2.05, 4.69) is 17.6 Å². The van der Waals surface area contributed by atoms with Gasteiger partial charge in [-0.3, -0.25) is 9.59 Å². The fraction of sp³-hybridized carbons (Fsp3) is 0.591. The van der Waals surface area contributed by atoms with Crippen LogP contribution in [-0.4, -0.2) is 43.6 Å². The highest BCUT2D eigenvalue weighted by molar-refractivity contribution is 5.99. The van der Waals surface area contributed by atoms with Crippen LogP contribution in [0.3, 0.4) is 0 Å². The van der Waals surface area contributed by atoms with Gasteiger partial charge in [0.05, 0.1) is 12.7 Å². The van der Waals surface area contributed by atoms with Crippen molar-refractivity contribution >= 4 is 17.8 Å². The Balaban J connectivity index is 1.91. The van der Waals surface area contributed by atoms with E-state index in [-0.39, 0.29) is 24.5 Å². The Morgan fingerprint density at radius 3 is 2.48 bits per heavy atom. The van der Waals surface area contributed by atoms with Crippen LogP contribution >= 0.6 is 0 Å². The molecule has 0 heterocycles. The van der Waals surface area contributed by atoms with Gasteiger partial charge in [-0.2, -0.15) is 0 Å². The number of hydrogen-bond acceptors (Lipinski definition) is 5. The average molecular weight is 405 g/mol. The molecule has 0 aliphatic heterocycles. The maximum absolute atomic E-state index is 12.6. The van der Waals surface area contributed by atoms with Crippen LogP contribution in [0.25, 0.3) is 0 Å². The normalized spacial score (nSPS) is 19.9. The standard InChI is InChI=1S/C22H32N2O5/c1-14(2)20(24-21(26)16-10-6-8-12-18(16)28-4)22(27)29-13-19(25)23-17-11-7-5-9-15(17)3/h6,8,10,12,14-15,17,20H,5,7,9,11,13H2,1-4H3,(H,23,25)(H,24,26)/t15-,17-,20+/m1/s1. The fourth-order valence-electron chi connectivity index (χ4n) is 3.55. The second kappa shape index (κ2) is 10.8. The minimum atomic E-state index is -0.867. The van der Waals surface area contributed by atoms with Crippen molar-refractivity contribution in [2.45, 2.75) is 58.5 Å². The van der Waals surface area contributed by atoms with Crippen LogP contribution < -0.4 is 15.4 Å². The molecule has 1 fully saturated rings. The van der Waals surface area contributed by atoms with Gasteiger partial charge >= 0.3 is 5.97 Å². The molecular formula is C22H32N2O5. The third kappa shape index (κ3) is 6.48. The van der Waals surface area contributed by atoms with Crippen molar-refractivity contribution in [1.82, 2.24) is 10.6 Å². The first-order valence-corrected chi connectivity index (χ1v) is 10.2. The summed E-state index contributed by atoms with van der Waals surface area (Å²) in [5, 5.41) is 5.65. The van der Waals surface area contributed by atoms with E-state index in [0.717, 1.165) is 19.3 Å². The minimum absolute atomic E-state index is 0.126. The molecule has 3 atom stereocenters. The lowest BCUT2D eigenvalue weighted by Crippen LogP contribution is -2.47. The highest BCUT2D eigenvalue weighted by Gasteiger charge is 2.28. The van der Waals surface area contributed by atoms with Crippen molar-refractivity contribution in [1.29, 1.82) is 0 Å². The zero-order valence-electron chi connectivity index (χ0n) is 17.7. The van der Waals surface area contributed by atoms with Crippen molar-refractivity contribution in [2.75, 3.05) is 13.7 Å². The van der Waals surface area contributed by atoms with E-state index in [1.165, 1.54) is 13.5 Å². The van der Waals surface area contributed by atoms with Gasteiger partial charge in [0.2, 0.25) is 0 Å². The Morgan fingerprint density at radius 2 is 1.83 bits per heavy atom. The first kappa shape index (κ1) is 22.7. The molecule has 29 heavy (non-hydrogen) atoms. The predicted molar refractivity (Wildman–Crippen MR) is 110 cm³/mol. The summed E-state index contributed by atoms with van der Waals surface area (Å²) in [6.07, 6.45) is 4.32. The molecule has 160 valence electrons. The minimum Gasteiger partial charge on any atom is -0.496 e. The van der Waals surface area contributed by atoms with Crippen molar-refractivity contribution in [3.8, 4) is 5.75 Å². The second-order valence-corrected chi connectivity index (χ2v) is 7.94. The number of carbonyl (C=O) groups is 3. The van der Waals surface area contributed by atoms with Gasteiger partial charge in [-0.25, -0.2) is 4.79 Å². The summed E-state index contributed by atoms with van der Waals surface area (Å²) in [6, 6.07) is 6.03. The molecule has 1 aliphatic carbocycles.